The highest BCUT2D eigenvalue weighted by Crippen LogP contribution is 2.32. The Morgan fingerprint density at radius 2 is 1.71 bits per heavy atom. The minimum Gasteiger partial charge on any atom is -0.460 e. The zero-order chi connectivity index (χ0) is 22.2. The van der Waals surface area contributed by atoms with Crippen molar-refractivity contribution in [2.45, 2.75) is 45.8 Å². The predicted octanol–water partition coefficient (Wildman–Crippen LogP) is 4.75. The van der Waals surface area contributed by atoms with Crippen molar-refractivity contribution in [3.63, 3.8) is 0 Å². The fraction of sp³-hybridized carbons (Fsp3) is 0.280. The third-order valence-electron chi connectivity index (χ3n) is 5.27. The highest BCUT2D eigenvalue weighted by Gasteiger charge is 2.29. The summed E-state index contributed by atoms with van der Waals surface area (Å²) in [6.45, 7) is 7.89. The number of carbonyl (C=O) groups excluding carboxylic acids is 2. The van der Waals surface area contributed by atoms with E-state index in [9.17, 15) is 9.59 Å². The molecule has 1 atom stereocenters. The lowest BCUT2D eigenvalue weighted by molar-refractivity contribution is -0.156. The van der Waals surface area contributed by atoms with Crippen LogP contribution in [0, 0.1) is 0 Å². The van der Waals surface area contributed by atoms with Crippen LogP contribution >= 0.6 is 0 Å². The van der Waals surface area contributed by atoms with Crippen LogP contribution in [-0.2, 0) is 16.1 Å². The van der Waals surface area contributed by atoms with E-state index in [1.807, 2.05) is 70.2 Å². The maximum Gasteiger partial charge on any atom is 0.313 e. The van der Waals surface area contributed by atoms with Crippen molar-refractivity contribution in [3.05, 3.63) is 77.9 Å². The molecule has 4 rings (SSSR count). The zero-order valence-electron chi connectivity index (χ0n) is 18.1. The minimum atomic E-state index is -0.524. The first-order valence-corrected chi connectivity index (χ1v) is 10.3. The largest absolute Gasteiger partial charge is 0.460 e. The van der Waals surface area contributed by atoms with E-state index in [-0.39, 0.29) is 17.8 Å². The molecular weight excluding hydrogens is 390 g/mol. The maximum atomic E-state index is 13.0. The number of hydrogen-bond donors (Lipinski definition) is 0. The van der Waals surface area contributed by atoms with E-state index >= 15 is 0 Å². The van der Waals surface area contributed by atoms with Crippen LogP contribution in [-0.4, -0.2) is 27.4 Å². The molecule has 158 valence electrons. The fourth-order valence-corrected chi connectivity index (χ4v) is 3.63. The maximum absolute atomic E-state index is 13.0. The van der Waals surface area contributed by atoms with E-state index in [2.05, 4.69) is 9.97 Å². The van der Waals surface area contributed by atoms with Crippen LogP contribution in [0.15, 0.2) is 61.2 Å². The molecule has 1 aromatic heterocycles. The molecule has 0 aliphatic carbocycles. The van der Waals surface area contributed by atoms with Gasteiger partial charge in [0.15, 0.2) is 0 Å². The molecule has 6 nitrogen and oxygen atoms in total. The molecule has 6 heteroatoms. The third-order valence-corrected chi connectivity index (χ3v) is 5.27. The topological polar surface area (TPSA) is 72.4 Å². The average molecular weight is 415 g/mol. The van der Waals surface area contributed by atoms with Crippen LogP contribution in [0.1, 0.15) is 55.1 Å². The van der Waals surface area contributed by atoms with Crippen LogP contribution in [0.4, 0.5) is 5.69 Å². The Bertz CT molecular complexity index is 1120. The zero-order valence-corrected chi connectivity index (χ0v) is 18.1. The second kappa shape index (κ2) is 7.95. The number of amides is 1. The van der Waals surface area contributed by atoms with Crippen molar-refractivity contribution in [1.29, 1.82) is 0 Å². The number of rotatable bonds is 4. The van der Waals surface area contributed by atoms with Gasteiger partial charge in [-0.2, -0.15) is 0 Å². The van der Waals surface area contributed by atoms with Crippen molar-refractivity contribution in [1.82, 2.24) is 9.97 Å². The first-order chi connectivity index (χ1) is 14.7. The van der Waals surface area contributed by atoms with Crippen LogP contribution in [0.25, 0.3) is 11.1 Å². The van der Waals surface area contributed by atoms with Gasteiger partial charge >= 0.3 is 5.97 Å². The summed E-state index contributed by atoms with van der Waals surface area (Å²) in [6, 6.07) is 13.3. The van der Waals surface area contributed by atoms with Gasteiger partial charge in [0, 0.05) is 29.2 Å². The van der Waals surface area contributed by atoms with Crippen LogP contribution < -0.4 is 4.90 Å². The van der Waals surface area contributed by atoms with Gasteiger partial charge in [0.05, 0.1) is 12.5 Å². The number of anilines is 1. The van der Waals surface area contributed by atoms with Gasteiger partial charge in [0.1, 0.15) is 11.9 Å². The highest BCUT2D eigenvalue weighted by atomic mass is 16.6. The summed E-state index contributed by atoms with van der Waals surface area (Å²) in [5.41, 5.74) is 4.69. The smallest absolute Gasteiger partial charge is 0.313 e. The molecule has 1 aliphatic heterocycles. The number of carbonyl (C=O) groups is 2. The monoisotopic (exact) mass is 415 g/mol. The highest BCUT2D eigenvalue weighted by molar-refractivity contribution is 6.10. The number of aromatic nitrogens is 2. The van der Waals surface area contributed by atoms with Gasteiger partial charge in [-0.15, -0.1) is 0 Å². The molecule has 0 N–H and O–H groups in total. The minimum absolute atomic E-state index is 0.0289. The SMILES string of the molecule is CC(C(=O)OC(C)(C)C)c1ccc(N2Cc3cc(-c4cncnc4)ccc3C2=O)cc1. The molecule has 0 bridgehead atoms. The summed E-state index contributed by atoms with van der Waals surface area (Å²) in [5.74, 6) is -0.670. The van der Waals surface area contributed by atoms with E-state index < -0.39 is 5.60 Å². The summed E-state index contributed by atoms with van der Waals surface area (Å²) in [4.78, 5) is 35.2. The molecule has 2 aromatic carbocycles. The molecule has 2 heterocycles. The van der Waals surface area contributed by atoms with Crippen molar-refractivity contribution in [3.8, 4) is 11.1 Å². The van der Waals surface area contributed by atoms with E-state index in [0.29, 0.717) is 12.1 Å². The summed E-state index contributed by atoms with van der Waals surface area (Å²) in [5, 5.41) is 0. The molecule has 3 aromatic rings. The fourth-order valence-electron chi connectivity index (χ4n) is 3.63. The van der Waals surface area contributed by atoms with E-state index in [4.69, 9.17) is 4.74 Å². The van der Waals surface area contributed by atoms with Gasteiger partial charge in [0.2, 0.25) is 0 Å². The summed E-state index contributed by atoms with van der Waals surface area (Å²) in [6.07, 6.45) is 5.01. The number of fused-ring (bicyclic) bond motifs is 1. The summed E-state index contributed by atoms with van der Waals surface area (Å²) in [7, 11) is 0. The molecule has 0 radical (unpaired) electrons. The molecule has 31 heavy (non-hydrogen) atoms. The number of nitrogens with zero attached hydrogens (tertiary/aromatic N) is 3. The van der Waals surface area contributed by atoms with Gasteiger partial charge in [-0.05, 0) is 68.7 Å². The summed E-state index contributed by atoms with van der Waals surface area (Å²) >= 11 is 0. The van der Waals surface area contributed by atoms with Gasteiger partial charge in [-0.3, -0.25) is 9.59 Å². The van der Waals surface area contributed by atoms with E-state index in [0.717, 1.165) is 27.9 Å². The van der Waals surface area contributed by atoms with E-state index in [1.54, 1.807) is 17.3 Å². The Morgan fingerprint density at radius 1 is 1.03 bits per heavy atom. The van der Waals surface area contributed by atoms with Crippen molar-refractivity contribution < 1.29 is 14.3 Å². The standard InChI is InChI=1S/C25H25N3O3/c1-16(24(30)31-25(2,3)4)17-5-8-21(9-6-17)28-14-19-11-18(7-10-22(19)23(28)29)20-12-26-15-27-13-20/h5-13,15-16H,14H2,1-4H3. The Balaban J connectivity index is 1.52. The lowest BCUT2D eigenvalue weighted by Crippen LogP contribution is -2.27. The van der Waals surface area contributed by atoms with E-state index in [1.165, 1.54) is 6.33 Å². The molecule has 1 aliphatic rings. The average Bonchev–Trinajstić information content (AvgIpc) is 3.08. The lowest BCUT2D eigenvalue weighted by atomic mass is 10.0. The van der Waals surface area contributed by atoms with Crippen molar-refractivity contribution in [2.24, 2.45) is 0 Å². The first-order valence-electron chi connectivity index (χ1n) is 10.3. The lowest BCUT2D eigenvalue weighted by Gasteiger charge is -2.23. The third kappa shape index (κ3) is 4.33. The molecule has 0 saturated heterocycles. The van der Waals surface area contributed by atoms with Gasteiger partial charge < -0.3 is 9.64 Å². The molecule has 0 fully saturated rings. The second-order valence-corrected chi connectivity index (χ2v) is 8.74. The number of ether oxygens (including phenoxy) is 1. The Kier molecular flexibility index (Phi) is 5.31. The molecule has 1 unspecified atom stereocenters. The number of esters is 1. The molecule has 1 amide bonds. The normalized spacial score (nSPS) is 14.3. The molecular formula is C25H25N3O3. The van der Waals surface area contributed by atoms with Crippen molar-refractivity contribution in [2.75, 3.05) is 4.90 Å². The molecule has 0 saturated carbocycles. The van der Waals surface area contributed by atoms with Crippen LogP contribution in [0.5, 0.6) is 0 Å². The number of benzene rings is 2. The Labute approximate surface area is 181 Å². The van der Waals surface area contributed by atoms with Crippen LogP contribution in [0.3, 0.4) is 0 Å². The predicted molar refractivity (Wildman–Crippen MR) is 119 cm³/mol. The number of hydrogen-bond acceptors (Lipinski definition) is 5. The Hall–Kier alpha value is -3.54. The quantitative estimate of drug-likeness (QED) is 0.575. The first kappa shape index (κ1) is 20.7. The van der Waals surface area contributed by atoms with Crippen molar-refractivity contribution >= 4 is 17.6 Å². The van der Waals surface area contributed by atoms with Gasteiger partial charge in [0.25, 0.3) is 5.91 Å². The van der Waals surface area contributed by atoms with Gasteiger partial charge in [-0.25, -0.2) is 9.97 Å². The van der Waals surface area contributed by atoms with Crippen LogP contribution in [0.2, 0.25) is 0 Å². The Morgan fingerprint density at radius 3 is 2.35 bits per heavy atom. The second-order valence-electron chi connectivity index (χ2n) is 8.74. The summed E-state index contributed by atoms with van der Waals surface area (Å²) < 4.78 is 5.48. The molecule has 0 spiro atoms. The van der Waals surface area contributed by atoms with Gasteiger partial charge in [-0.1, -0.05) is 18.2 Å².